The molecule has 3 rings (SSSR count). The summed E-state index contributed by atoms with van der Waals surface area (Å²) in [6, 6.07) is 16.3. The van der Waals surface area contributed by atoms with E-state index in [0.29, 0.717) is 12.2 Å². The van der Waals surface area contributed by atoms with Crippen molar-refractivity contribution in [3.05, 3.63) is 71.0 Å². The lowest BCUT2D eigenvalue weighted by Gasteiger charge is -2.33. The van der Waals surface area contributed by atoms with Crippen molar-refractivity contribution in [3.63, 3.8) is 0 Å². The van der Waals surface area contributed by atoms with Crippen LogP contribution in [0.3, 0.4) is 0 Å². The highest BCUT2D eigenvalue weighted by Gasteiger charge is 2.22. The van der Waals surface area contributed by atoms with Gasteiger partial charge in [0.2, 0.25) is 0 Å². The summed E-state index contributed by atoms with van der Waals surface area (Å²) in [5.41, 5.74) is 2.86. The van der Waals surface area contributed by atoms with Gasteiger partial charge in [0, 0.05) is 19.6 Å². The number of ether oxygens (including phenoxy) is 1. The Kier molecular flexibility index (Phi) is 4.47. The summed E-state index contributed by atoms with van der Waals surface area (Å²) in [6.45, 7) is 3.15. The van der Waals surface area contributed by atoms with Crippen LogP contribution in [0.2, 0.25) is 0 Å². The number of halogens is 1. The fourth-order valence-corrected chi connectivity index (χ4v) is 2.67. The molecule has 1 aliphatic rings. The zero-order valence-corrected chi connectivity index (χ0v) is 12.2. The van der Waals surface area contributed by atoms with Gasteiger partial charge < -0.3 is 4.74 Å². The first-order valence-corrected chi connectivity index (χ1v) is 7.33. The fourth-order valence-electron chi connectivity index (χ4n) is 2.67. The third-order valence-corrected chi connectivity index (χ3v) is 3.88. The number of nitrogens with zero attached hydrogens (tertiary/aromatic N) is 2. The van der Waals surface area contributed by atoms with Crippen molar-refractivity contribution in [3.8, 4) is 6.07 Å². The third kappa shape index (κ3) is 3.51. The van der Waals surface area contributed by atoms with Gasteiger partial charge in [-0.15, -0.1) is 0 Å². The normalized spacial score (nSPS) is 18.8. The largest absolute Gasteiger partial charge is 0.371 e. The Morgan fingerprint density at radius 2 is 1.86 bits per heavy atom. The molecule has 0 saturated carbocycles. The lowest BCUT2D eigenvalue weighted by atomic mass is 10.1. The summed E-state index contributed by atoms with van der Waals surface area (Å²) >= 11 is 0. The average Bonchev–Trinajstić information content (AvgIpc) is 2.56. The molecule has 2 aromatic rings. The molecule has 4 heteroatoms. The lowest BCUT2D eigenvalue weighted by Crippen LogP contribution is -2.37. The van der Waals surface area contributed by atoms with Gasteiger partial charge in [0.15, 0.2) is 0 Å². The maximum absolute atomic E-state index is 13.0. The van der Waals surface area contributed by atoms with E-state index in [1.807, 2.05) is 24.3 Å². The van der Waals surface area contributed by atoms with E-state index in [1.165, 1.54) is 17.7 Å². The minimum atomic E-state index is -0.228. The zero-order chi connectivity index (χ0) is 15.4. The molecule has 0 bridgehead atoms. The molecule has 1 saturated heterocycles. The van der Waals surface area contributed by atoms with Crippen LogP contribution in [0, 0.1) is 17.1 Å². The molecule has 112 valence electrons. The van der Waals surface area contributed by atoms with E-state index in [0.717, 1.165) is 25.2 Å². The quantitative estimate of drug-likeness (QED) is 0.872. The van der Waals surface area contributed by atoms with Crippen molar-refractivity contribution in [2.45, 2.75) is 12.6 Å². The standard InChI is InChI=1S/C18H17FN2O/c19-17-7-5-16(6-8-17)18-13-21(9-10-22-18)12-15-3-1-14(11-20)2-4-15/h1-8,18H,9-10,12-13H2/t18-/m1/s1. The number of hydrogen-bond donors (Lipinski definition) is 0. The van der Waals surface area contributed by atoms with Crippen molar-refractivity contribution in [1.29, 1.82) is 5.26 Å². The van der Waals surface area contributed by atoms with E-state index < -0.39 is 0 Å². The minimum absolute atomic E-state index is 0.0206. The van der Waals surface area contributed by atoms with Crippen LogP contribution in [0.25, 0.3) is 0 Å². The number of nitriles is 1. The highest BCUT2D eigenvalue weighted by molar-refractivity contribution is 5.31. The van der Waals surface area contributed by atoms with Crippen LogP contribution in [-0.2, 0) is 11.3 Å². The second kappa shape index (κ2) is 6.69. The second-order valence-corrected chi connectivity index (χ2v) is 5.45. The van der Waals surface area contributed by atoms with Crippen molar-refractivity contribution in [1.82, 2.24) is 4.90 Å². The van der Waals surface area contributed by atoms with Crippen LogP contribution in [0.1, 0.15) is 22.8 Å². The summed E-state index contributed by atoms with van der Waals surface area (Å²) in [4.78, 5) is 2.32. The smallest absolute Gasteiger partial charge is 0.123 e. The molecule has 1 heterocycles. The third-order valence-electron chi connectivity index (χ3n) is 3.88. The Hall–Kier alpha value is -2.22. The molecule has 1 atom stereocenters. The van der Waals surface area contributed by atoms with E-state index >= 15 is 0 Å². The molecular formula is C18H17FN2O. The van der Waals surface area contributed by atoms with Crippen molar-refractivity contribution in [2.75, 3.05) is 19.7 Å². The molecule has 0 unspecified atom stereocenters. The highest BCUT2D eigenvalue weighted by atomic mass is 19.1. The Morgan fingerprint density at radius 3 is 2.55 bits per heavy atom. The van der Waals surface area contributed by atoms with Gasteiger partial charge in [-0.1, -0.05) is 24.3 Å². The Balaban J connectivity index is 1.65. The fraction of sp³-hybridized carbons (Fsp3) is 0.278. The van der Waals surface area contributed by atoms with Crippen LogP contribution < -0.4 is 0 Å². The van der Waals surface area contributed by atoms with E-state index in [4.69, 9.17) is 10.00 Å². The monoisotopic (exact) mass is 296 g/mol. The van der Waals surface area contributed by atoms with Gasteiger partial charge >= 0.3 is 0 Å². The molecule has 22 heavy (non-hydrogen) atoms. The molecule has 0 radical (unpaired) electrons. The second-order valence-electron chi connectivity index (χ2n) is 5.45. The molecule has 1 aliphatic heterocycles. The molecule has 0 aliphatic carbocycles. The average molecular weight is 296 g/mol. The molecule has 1 fully saturated rings. The van der Waals surface area contributed by atoms with Crippen LogP contribution in [0.4, 0.5) is 4.39 Å². The number of benzene rings is 2. The summed E-state index contributed by atoms with van der Waals surface area (Å²) in [5.74, 6) is -0.228. The maximum atomic E-state index is 13.0. The molecule has 2 aromatic carbocycles. The summed E-state index contributed by atoms with van der Waals surface area (Å²) in [6.07, 6.45) is -0.0206. The molecule has 0 aromatic heterocycles. The molecular weight excluding hydrogens is 279 g/mol. The molecule has 0 amide bonds. The molecule has 3 nitrogen and oxygen atoms in total. The van der Waals surface area contributed by atoms with E-state index in [-0.39, 0.29) is 11.9 Å². The van der Waals surface area contributed by atoms with Gasteiger partial charge in [-0.3, -0.25) is 4.90 Å². The summed E-state index contributed by atoms with van der Waals surface area (Å²) in [5, 5.41) is 8.83. The summed E-state index contributed by atoms with van der Waals surface area (Å²) in [7, 11) is 0. The number of morpholine rings is 1. The van der Waals surface area contributed by atoms with Crippen molar-refractivity contribution < 1.29 is 9.13 Å². The van der Waals surface area contributed by atoms with Gasteiger partial charge in [-0.05, 0) is 35.4 Å². The first-order chi connectivity index (χ1) is 10.7. The Labute approximate surface area is 129 Å². The van der Waals surface area contributed by atoms with Crippen LogP contribution in [0.15, 0.2) is 48.5 Å². The van der Waals surface area contributed by atoms with Gasteiger partial charge in [-0.2, -0.15) is 5.26 Å². The Bertz CT molecular complexity index is 661. The van der Waals surface area contributed by atoms with Gasteiger partial charge in [0.1, 0.15) is 5.82 Å². The first kappa shape index (κ1) is 14.7. The van der Waals surface area contributed by atoms with Gasteiger partial charge in [-0.25, -0.2) is 4.39 Å². The topological polar surface area (TPSA) is 36.3 Å². The minimum Gasteiger partial charge on any atom is -0.371 e. The van der Waals surface area contributed by atoms with E-state index in [2.05, 4.69) is 11.0 Å². The van der Waals surface area contributed by atoms with Crippen LogP contribution >= 0.6 is 0 Å². The predicted molar refractivity (Wildman–Crippen MR) is 81.5 cm³/mol. The Morgan fingerprint density at radius 1 is 1.14 bits per heavy atom. The van der Waals surface area contributed by atoms with Crippen molar-refractivity contribution >= 4 is 0 Å². The first-order valence-electron chi connectivity index (χ1n) is 7.33. The molecule has 0 spiro atoms. The zero-order valence-electron chi connectivity index (χ0n) is 12.2. The highest BCUT2D eigenvalue weighted by Crippen LogP contribution is 2.23. The number of rotatable bonds is 3. The van der Waals surface area contributed by atoms with Crippen LogP contribution in [0.5, 0.6) is 0 Å². The maximum Gasteiger partial charge on any atom is 0.123 e. The summed E-state index contributed by atoms with van der Waals surface area (Å²) < 4.78 is 18.8. The van der Waals surface area contributed by atoms with Crippen molar-refractivity contribution in [2.24, 2.45) is 0 Å². The van der Waals surface area contributed by atoms with E-state index in [9.17, 15) is 4.39 Å². The van der Waals surface area contributed by atoms with Gasteiger partial charge in [0.25, 0.3) is 0 Å². The number of hydrogen-bond acceptors (Lipinski definition) is 3. The van der Waals surface area contributed by atoms with Crippen LogP contribution in [-0.4, -0.2) is 24.6 Å². The SMILES string of the molecule is N#Cc1ccc(CN2CCO[C@@H](c3ccc(F)cc3)C2)cc1. The molecule has 0 N–H and O–H groups in total. The lowest BCUT2D eigenvalue weighted by molar-refractivity contribution is -0.0329. The van der Waals surface area contributed by atoms with Gasteiger partial charge in [0.05, 0.1) is 24.3 Å². The van der Waals surface area contributed by atoms with E-state index in [1.54, 1.807) is 12.1 Å². The predicted octanol–water partition coefficient (Wildman–Crippen LogP) is 3.27.